The van der Waals surface area contributed by atoms with Crippen LogP contribution in [0, 0.1) is 0 Å². The van der Waals surface area contributed by atoms with Crippen molar-refractivity contribution in [1.29, 1.82) is 0 Å². The number of piperidine rings is 1. The second-order valence-corrected chi connectivity index (χ2v) is 5.07. The molecule has 4 heteroatoms. The topological polar surface area (TPSA) is 40.5 Å². The highest BCUT2D eigenvalue weighted by atomic mass is 32.2. The highest BCUT2D eigenvalue weighted by Crippen LogP contribution is 2.22. The first kappa shape index (κ1) is 12.5. The lowest BCUT2D eigenvalue weighted by molar-refractivity contribution is 0.0543. The van der Waals surface area contributed by atoms with Crippen LogP contribution in [0.4, 0.5) is 0 Å². The molecule has 0 saturated carbocycles. The molecule has 0 atom stereocenters. The highest BCUT2D eigenvalue weighted by Gasteiger charge is 2.23. The lowest BCUT2D eigenvalue weighted by atomic mass is 10.1. The molecule has 1 N–H and O–H groups in total. The predicted octanol–water partition coefficient (Wildman–Crippen LogP) is 2.01. The van der Waals surface area contributed by atoms with Gasteiger partial charge in [0.05, 0.1) is 11.7 Å². The molecule has 1 heterocycles. The Morgan fingerprint density at radius 1 is 1.35 bits per heavy atom. The van der Waals surface area contributed by atoms with E-state index in [1.807, 2.05) is 35.4 Å². The summed E-state index contributed by atoms with van der Waals surface area (Å²) in [6.07, 6.45) is 3.11. The summed E-state index contributed by atoms with van der Waals surface area (Å²) in [5.74, 6) is 0.0850. The number of rotatable bonds is 2. The van der Waals surface area contributed by atoms with Crippen LogP contribution in [0.25, 0.3) is 0 Å². The van der Waals surface area contributed by atoms with Gasteiger partial charge in [-0.15, -0.1) is 11.8 Å². The van der Waals surface area contributed by atoms with Crippen molar-refractivity contribution in [3.63, 3.8) is 0 Å². The summed E-state index contributed by atoms with van der Waals surface area (Å²) in [7, 11) is 0. The standard InChI is InChI=1S/C13H17NO2S/c1-17-12-5-3-2-4-11(12)13(16)14-8-6-10(15)7-9-14/h2-5,10,15H,6-9H2,1H3. The molecule has 1 aromatic rings. The lowest BCUT2D eigenvalue weighted by Gasteiger charge is -2.30. The van der Waals surface area contributed by atoms with Gasteiger partial charge in [0.15, 0.2) is 0 Å². The number of hydrogen-bond donors (Lipinski definition) is 1. The van der Waals surface area contributed by atoms with Gasteiger partial charge < -0.3 is 10.0 Å². The van der Waals surface area contributed by atoms with Gasteiger partial charge >= 0.3 is 0 Å². The maximum absolute atomic E-state index is 12.3. The van der Waals surface area contributed by atoms with Crippen molar-refractivity contribution < 1.29 is 9.90 Å². The van der Waals surface area contributed by atoms with Crippen LogP contribution in [-0.4, -0.2) is 41.4 Å². The van der Waals surface area contributed by atoms with Crippen LogP contribution in [0.2, 0.25) is 0 Å². The maximum atomic E-state index is 12.3. The zero-order chi connectivity index (χ0) is 12.3. The number of aliphatic hydroxyl groups is 1. The van der Waals surface area contributed by atoms with Crippen LogP contribution >= 0.6 is 11.8 Å². The van der Waals surface area contributed by atoms with Gasteiger partial charge in [-0.2, -0.15) is 0 Å². The summed E-state index contributed by atoms with van der Waals surface area (Å²) in [6.45, 7) is 1.31. The average Bonchev–Trinajstić information content (AvgIpc) is 2.39. The third kappa shape index (κ3) is 2.82. The van der Waals surface area contributed by atoms with Crippen molar-refractivity contribution in [3.05, 3.63) is 29.8 Å². The summed E-state index contributed by atoms with van der Waals surface area (Å²) in [5.41, 5.74) is 0.774. The predicted molar refractivity (Wildman–Crippen MR) is 69.4 cm³/mol. The number of benzene rings is 1. The molecule has 17 heavy (non-hydrogen) atoms. The van der Waals surface area contributed by atoms with Crippen molar-refractivity contribution in [2.45, 2.75) is 23.8 Å². The van der Waals surface area contributed by atoms with Crippen LogP contribution in [-0.2, 0) is 0 Å². The Kier molecular flexibility index (Phi) is 4.07. The average molecular weight is 251 g/mol. The Morgan fingerprint density at radius 3 is 2.65 bits per heavy atom. The molecule has 0 aromatic heterocycles. The number of thioether (sulfide) groups is 1. The minimum atomic E-state index is -0.241. The van der Waals surface area contributed by atoms with E-state index in [1.165, 1.54) is 0 Å². The van der Waals surface area contributed by atoms with E-state index in [9.17, 15) is 9.90 Å². The van der Waals surface area contributed by atoms with E-state index in [-0.39, 0.29) is 12.0 Å². The molecular weight excluding hydrogens is 234 g/mol. The Hall–Kier alpha value is -1.00. The summed E-state index contributed by atoms with van der Waals surface area (Å²) >= 11 is 1.59. The normalized spacial score (nSPS) is 17.2. The molecule has 0 unspecified atom stereocenters. The molecule has 1 fully saturated rings. The molecule has 1 aliphatic heterocycles. The van der Waals surface area contributed by atoms with Crippen molar-refractivity contribution >= 4 is 17.7 Å². The molecule has 1 saturated heterocycles. The van der Waals surface area contributed by atoms with E-state index in [0.717, 1.165) is 10.5 Å². The SMILES string of the molecule is CSc1ccccc1C(=O)N1CCC(O)CC1. The minimum Gasteiger partial charge on any atom is -0.393 e. The zero-order valence-electron chi connectivity index (χ0n) is 9.93. The molecule has 2 rings (SSSR count). The second kappa shape index (κ2) is 5.56. The van der Waals surface area contributed by atoms with Crippen molar-refractivity contribution in [3.8, 4) is 0 Å². The first-order valence-electron chi connectivity index (χ1n) is 5.82. The molecule has 1 amide bonds. The van der Waals surface area contributed by atoms with Crippen LogP contribution in [0.15, 0.2) is 29.2 Å². The van der Waals surface area contributed by atoms with Crippen molar-refractivity contribution in [1.82, 2.24) is 4.90 Å². The summed E-state index contributed by atoms with van der Waals surface area (Å²) in [4.78, 5) is 15.2. The van der Waals surface area contributed by atoms with Gasteiger partial charge in [-0.25, -0.2) is 0 Å². The van der Waals surface area contributed by atoms with Gasteiger partial charge in [0.1, 0.15) is 0 Å². The van der Waals surface area contributed by atoms with Crippen molar-refractivity contribution in [2.24, 2.45) is 0 Å². The largest absolute Gasteiger partial charge is 0.393 e. The second-order valence-electron chi connectivity index (χ2n) is 4.22. The number of carbonyl (C=O) groups is 1. The van der Waals surface area contributed by atoms with E-state index in [1.54, 1.807) is 11.8 Å². The Morgan fingerprint density at radius 2 is 2.00 bits per heavy atom. The molecule has 3 nitrogen and oxygen atoms in total. The molecule has 0 aliphatic carbocycles. The minimum absolute atomic E-state index is 0.0850. The Labute approximate surface area is 106 Å². The van der Waals surface area contributed by atoms with Gasteiger partial charge in [-0.1, -0.05) is 12.1 Å². The number of nitrogens with zero attached hydrogens (tertiary/aromatic N) is 1. The smallest absolute Gasteiger partial charge is 0.254 e. The number of hydrogen-bond acceptors (Lipinski definition) is 3. The van der Waals surface area contributed by atoms with Gasteiger partial charge in [0, 0.05) is 18.0 Å². The first-order chi connectivity index (χ1) is 8.22. The number of carbonyl (C=O) groups excluding carboxylic acids is 1. The van der Waals surface area contributed by atoms with Crippen LogP contribution in [0.5, 0.6) is 0 Å². The first-order valence-corrected chi connectivity index (χ1v) is 7.05. The van der Waals surface area contributed by atoms with Crippen molar-refractivity contribution in [2.75, 3.05) is 19.3 Å². The van der Waals surface area contributed by atoms with E-state index < -0.39 is 0 Å². The van der Waals surface area contributed by atoms with Gasteiger partial charge in [0.2, 0.25) is 0 Å². The number of aliphatic hydroxyl groups excluding tert-OH is 1. The van der Waals surface area contributed by atoms with Crippen LogP contribution in [0.3, 0.4) is 0 Å². The van der Waals surface area contributed by atoms with Gasteiger partial charge in [0.25, 0.3) is 5.91 Å². The molecule has 92 valence electrons. The van der Waals surface area contributed by atoms with Crippen LogP contribution < -0.4 is 0 Å². The third-order valence-corrected chi connectivity index (χ3v) is 3.88. The number of likely N-dealkylation sites (tertiary alicyclic amines) is 1. The van der Waals surface area contributed by atoms with E-state index >= 15 is 0 Å². The van der Waals surface area contributed by atoms with Gasteiger partial charge in [-0.05, 0) is 31.2 Å². The Balaban J connectivity index is 2.14. The molecule has 0 bridgehead atoms. The monoisotopic (exact) mass is 251 g/mol. The third-order valence-electron chi connectivity index (χ3n) is 3.09. The fraction of sp³-hybridized carbons (Fsp3) is 0.462. The zero-order valence-corrected chi connectivity index (χ0v) is 10.7. The molecule has 1 aromatic carbocycles. The fourth-order valence-corrected chi connectivity index (χ4v) is 2.65. The van der Waals surface area contributed by atoms with Crippen LogP contribution in [0.1, 0.15) is 23.2 Å². The van der Waals surface area contributed by atoms with E-state index in [4.69, 9.17) is 0 Å². The number of amides is 1. The maximum Gasteiger partial charge on any atom is 0.254 e. The molecule has 0 spiro atoms. The summed E-state index contributed by atoms with van der Waals surface area (Å²) in [6, 6.07) is 7.68. The fourth-order valence-electron chi connectivity index (χ4n) is 2.06. The van der Waals surface area contributed by atoms with E-state index in [2.05, 4.69) is 0 Å². The summed E-state index contributed by atoms with van der Waals surface area (Å²) < 4.78 is 0. The molecule has 0 radical (unpaired) electrons. The highest BCUT2D eigenvalue weighted by molar-refractivity contribution is 7.98. The van der Waals surface area contributed by atoms with E-state index in [0.29, 0.717) is 25.9 Å². The lowest BCUT2D eigenvalue weighted by Crippen LogP contribution is -2.40. The molecule has 1 aliphatic rings. The quantitative estimate of drug-likeness (QED) is 0.817. The summed E-state index contributed by atoms with van der Waals surface area (Å²) in [5, 5.41) is 9.44. The van der Waals surface area contributed by atoms with Gasteiger partial charge in [-0.3, -0.25) is 4.79 Å². The Bertz CT molecular complexity index is 400. The molecular formula is C13H17NO2S.